The van der Waals surface area contributed by atoms with Gasteiger partial charge in [0.1, 0.15) is 6.10 Å². The summed E-state index contributed by atoms with van der Waals surface area (Å²) in [5.41, 5.74) is 0.617. The van der Waals surface area contributed by atoms with E-state index in [1.807, 2.05) is 12.2 Å². The summed E-state index contributed by atoms with van der Waals surface area (Å²) in [6, 6.07) is 0. The minimum Gasteiger partial charge on any atom is -0.458 e. The Labute approximate surface area is 91.3 Å². The molecule has 1 saturated heterocycles. The van der Waals surface area contributed by atoms with Gasteiger partial charge in [0.15, 0.2) is 0 Å². The molecule has 2 heteroatoms. The van der Waals surface area contributed by atoms with Gasteiger partial charge in [0.05, 0.1) is 0 Å². The van der Waals surface area contributed by atoms with Crippen molar-refractivity contribution in [2.24, 2.45) is 5.92 Å². The van der Waals surface area contributed by atoms with Crippen molar-refractivity contribution in [3.63, 3.8) is 0 Å². The lowest BCUT2D eigenvalue weighted by Gasteiger charge is -2.15. The van der Waals surface area contributed by atoms with Gasteiger partial charge in [-0.2, -0.15) is 0 Å². The normalized spacial score (nSPS) is 25.1. The van der Waals surface area contributed by atoms with Crippen LogP contribution in [0.1, 0.15) is 25.7 Å². The summed E-state index contributed by atoms with van der Waals surface area (Å²) in [5, 5.41) is 0. The minimum absolute atomic E-state index is 0.0112. The number of rotatable bonds is 6. The van der Waals surface area contributed by atoms with E-state index in [4.69, 9.17) is 4.74 Å². The van der Waals surface area contributed by atoms with Crippen LogP contribution in [-0.4, -0.2) is 12.1 Å². The van der Waals surface area contributed by atoms with E-state index in [2.05, 4.69) is 19.7 Å². The summed E-state index contributed by atoms with van der Waals surface area (Å²) < 4.78 is 5.26. The number of ether oxygens (including phenoxy) is 1. The minimum atomic E-state index is -0.238. The van der Waals surface area contributed by atoms with Crippen LogP contribution in [0.4, 0.5) is 0 Å². The van der Waals surface area contributed by atoms with Crippen molar-refractivity contribution in [2.75, 3.05) is 0 Å². The van der Waals surface area contributed by atoms with Crippen LogP contribution in [0, 0.1) is 5.92 Å². The highest BCUT2D eigenvalue weighted by Gasteiger charge is 2.37. The number of carbonyl (C=O) groups excluding carboxylic acids is 1. The summed E-state index contributed by atoms with van der Waals surface area (Å²) in [7, 11) is 0. The van der Waals surface area contributed by atoms with Crippen LogP contribution in [-0.2, 0) is 9.53 Å². The fourth-order valence-electron chi connectivity index (χ4n) is 1.87. The van der Waals surface area contributed by atoms with E-state index in [9.17, 15) is 4.79 Å². The molecule has 1 aliphatic heterocycles. The first-order valence-corrected chi connectivity index (χ1v) is 5.32. The number of hydrogen-bond donors (Lipinski definition) is 0. The van der Waals surface area contributed by atoms with Gasteiger partial charge in [-0.25, -0.2) is 4.79 Å². The van der Waals surface area contributed by atoms with Crippen molar-refractivity contribution in [1.29, 1.82) is 0 Å². The van der Waals surface area contributed by atoms with Crippen molar-refractivity contribution in [1.82, 2.24) is 0 Å². The Hall–Kier alpha value is -1.31. The molecular weight excluding hydrogens is 188 g/mol. The lowest BCUT2D eigenvalue weighted by Crippen LogP contribution is -2.16. The fraction of sp³-hybridized carbons (Fsp3) is 0.462. The molecule has 0 unspecified atom stereocenters. The molecule has 1 rings (SSSR count). The molecule has 0 aromatic heterocycles. The monoisotopic (exact) mass is 206 g/mol. The molecule has 0 aromatic rings. The van der Waals surface area contributed by atoms with E-state index in [-0.39, 0.29) is 18.0 Å². The summed E-state index contributed by atoms with van der Waals surface area (Å²) in [6.07, 6.45) is 7.20. The van der Waals surface area contributed by atoms with Gasteiger partial charge in [0.2, 0.25) is 0 Å². The van der Waals surface area contributed by atoms with Gasteiger partial charge in [-0.05, 0) is 25.7 Å². The molecule has 0 N–H and O–H groups in total. The Morgan fingerprint density at radius 1 is 1.20 bits per heavy atom. The molecule has 1 heterocycles. The predicted molar refractivity (Wildman–Crippen MR) is 61.4 cm³/mol. The Morgan fingerprint density at radius 2 is 1.80 bits per heavy atom. The van der Waals surface area contributed by atoms with Crippen LogP contribution in [0.3, 0.4) is 0 Å². The zero-order valence-electron chi connectivity index (χ0n) is 9.08. The van der Waals surface area contributed by atoms with Gasteiger partial charge >= 0.3 is 5.97 Å². The van der Waals surface area contributed by atoms with Crippen LogP contribution in [0.25, 0.3) is 0 Å². The zero-order valence-corrected chi connectivity index (χ0v) is 9.08. The third-order valence-electron chi connectivity index (χ3n) is 2.75. The molecule has 0 amide bonds. The predicted octanol–water partition coefficient (Wildman–Crippen LogP) is 3.02. The second kappa shape index (κ2) is 5.54. The quantitative estimate of drug-likeness (QED) is 0.379. The number of esters is 1. The van der Waals surface area contributed by atoms with Crippen molar-refractivity contribution in [2.45, 2.75) is 31.8 Å². The van der Waals surface area contributed by atoms with Gasteiger partial charge < -0.3 is 4.74 Å². The van der Waals surface area contributed by atoms with E-state index >= 15 is 0 Å². The van der Waals surface area contributed by atoms with Crippen LogP contribution in [0.15, 0.2) is 37.5 Å². The van der Waals surface area contributed by atoms with Crippen molar-refractivity contribution >= 4 is 5.97 Å². The standard InChI is InChI=1S/C13H18O2/c1-4-6-8-11-10(3)13(14)15-12(11)9-7-5-2/h4-5,11-12H,1-3,6-9H2/t11-,12+/m0/s1. The van der Waals surface area contributed by atoms with Gasteiger partial charge in [0, 0.05) is 11.5 Å². The van der Waals surface area contributed by atoms with Gasteiger partial charge in [-0.15, -0.1) is 13.2 Å². The second-order valence-corrected chi connectivity index (χ2v) is 3.81. The number of cyclic esters (lactones) is 1. The highest BCUT2D eigenvalue weighted by molar-refractivity contribution is 5.90. The maximum absolute atomic E-state index is 11.3. The van der Waals surface area contributed by atoms with E-state index < -0.39 is 0 Å². The van der Waals surface area contributed by atoms with E-state index in [0.717, 1.165) is 25.7 Å². The van der Waals surface area contributed by atoms with E-state index in [0.29, 0.717) is 5.57 Å². The Balaban J connectivity index is 2.59. The molecule has 0 aromatic carbocycles. The molecule has 1 fully saturated rings. The van der Waals surface area contributed by atoms with Crippen LogP contribution in [0.2, 0.25) is 0 Å². The fourth-order valence-corrected chi connectivity index (χ4v) is 1.87. The first-order valence-electron chi connectivity index (χ1n) is 5.32. The summed E-state index contributed by atoms with van der Waals surface area (Å²) >= 11 is 0. The van der Waals surface area contributed by atoms with E-state index in [1.165, 1.54) is 0 Å². The highest BCUT2D eigenvalue weighted by atomic mass is 16.6. The highest BCUT2D eigenvalue weighted by Crippen LogP contribution is 2.33. The average Bonchev–Trinajstić information content (AvgIpc) is 2.50. The molecule has 0 bridgehead atoms. The lowest BCUT2D eigenvalue weighted by atomic mass is 9.90. The molecule has 0 radical (unpaired) electrons. The van der Waals surface area contributed by atoms with Crippen molar-refractivity contribution < 1.29 is 9.53 Å². The molecule has 2 atom stereocenters. The first kappa shape index (κ1) is 11.8. The number of allylic oxidation sites excluding steroid dienone is 2. The third-order valence-corrected chi connectivity index (χ3v) is 2.75. The summed E-state index contributed by atoms with van der Waals surface area (Å²) in [5.74, 6) is -0.0754. The number of hydrogen-bond acceptors (Lipinski definition) is 2. The molecule has 0 aliphatic carbocycles. The largest absolute Gasteiger partial charge is 0.458 e. The topological polar surface area (TPSA) is 26.3 Å². The zero-order chi connectivity index (χ0) is 11.3. The second-order valence-electron chi connectivity index (χ2n) is 3.81. The third kappa shape index (κ3) is 2.82. The van der Waals surface area contributed by atoms with Gasteiger partial charge in [-0.3, -0.25) is 0 Å². The van der Waals surface area contributed by atoms with Crippen LogP contribution < -0.4 is 0 Å². The molecule has 0 spiro atoms. The smallest absolute Gasteiger partial charge is 0.334 e. The van der Waals surface area contributed by atoms with Crippen LogP contribution >= 0.6 is 0 Å². The van der Waals surface area contributed by atoms with Gasteiger partial charge in [0.25, 0.3) is 0 Å². The SMILES string of the molecule is C=CCC[C@H]1OC(=O)C(=C)[C@@H]1CCC=C. The first-order chi connectivity index (χ1) is 7.20. The van der Waals surface area contributed by atoms with Crippen molar-refractivity contribution in [3.05, 3.63) is 37.5 Å². The Kier molecular flexibility index (Phi) is 4.35. The summed E-state index contributed by atoms with van der Waals surface area (Å²) in [6.45, 7) is 11.1. The molecule has 82 valence electrons. The van der Waals surface area contributed by atoms with Gasteiger partial charge in [-0.1, -0.05) is 18.7 Å². The maximum Gasteiger partial charge on any atom is 0.334 e. The van der Waals surface area contributed by atoms with E-state index in [1.54, 1.807) is 0 Å². The number of carbonyl (C=O) groups is 1. The van der Waals surface area contributed by atoms with Crippen LogP contribution in [0.5, 0.6) is 0 Å². The molecule has 0 saturated carbocycles. The van der Waals surface area contributed by atoms with Crippen molar-refractivity contribution in [3.8, 4) is 0 Å². The molecule has 1 aliphatic rings. The molecular formula is C13H18O2. The Morgan fingerprint density at radius 3 is 2.40 bits per heavy atom. The average molecular weight is 206 g/mol. The Bertz CT molecular complexity index is 278. The lowest BCUT2D eigenvalue weighted by molar-refractivity contribution is -0.139. The summed E-state index contributed by atoms with van der Waals surface area (Å²) in [4.78, 5) is 11.3. The molecule has 2 nitrogen and oxygen atoms in total. The maximum atomic E-state index is 11.3. The molecule has 15 heavy (non-hydrogen) atoms.